The molecule has 1 N–H and O–H groups in total. The number of anilines is 1. The van der Waals surface area contributed by atoms with Crippen molar-refractivity contribution in [2.75, 3.05) is 11.9 Å². The molecule has 0 unspecified atom stereocenters. The van der Waals surface area contributed by atoms with Gasteiger partial charge in [-0.05, 0) is 12.5 Å². The second kappa shape index (κ2) is 6.69. The average molecular weight is 327 g/mol. The molecule has 2 aromatic rings. The van der Waals surface area contributed by atoms with Gasteiger partial charge in [-0.2, -0.15) is 0 Å². The van der Waals surface area contributed by atoms with E-state index in [-0.39, 0.29) is 22.2 Å². The summed E-state index contributed by atoms with van der Waals surface area (Å²) in [5.74, 6) is 0.169. The first-order chi connectivity index (χ1) is 10.1. The normalized spacial score (nSPS) is 10.4. The molecule has 0 saturated carbocycles. The van der Waals surface area contributed by atoms with Crippen molar-refractivity contribution in [3.63, 3.8) is 0 Å². The Morgan fingerprint density at radius 1 is 1.33 bits per heavy atom. The lowest BCUT2D eigenvalue weighted by Gasteiger charge is -2.09. The van der Waals surface area contributed by atoms with Crippen molar-refractivity contribution in [2.24, 2.45) is 0 Å². The molecule has 6 nitrogen and oxygen atoms in total. The van der Waals surface area contributed by atoms with Crippen LogP contribution in [0.3, 0.4) is 0 Å². The summed E-state index contributed by atoms with van der Waals surface area (Å²) in [6.07, 6.45) is 2.08. The van der Waals surface area contributed by atoms with Crippen molar-refractivity contribution in [3.8, 4) is 11.3 Å². The van der Waals surface area contributed by atoms with E-state index in [1.165, 1.54) is 6.33 Å². The summed E-state index contributed by atoms with van der Waals surface area (Å²) in [5, 5.41) is 14.8. The highest BCUT2D eigenvalue weighted by molar-refractivity contribution is 6.43. The Balaban J connectivity index is 2.63. The molecule has 0 spiro atoms. The van der Waals surface area contributed by atoms with Crippen molar-refractivity contribution in [1.82, 2.24) is 9.97 Å². The van der Waals surface area contributed by atoms with Crippen LogP contribution in [0.15, 0.2) is 24.5 Å². The Hall–Kier alpha value is -1.92. The fourth-order valence-corrected chi connectivity index (χ4v) is 2.20. The second-order valence-corrected chi connectivity index (χ2v) is 4.99. The van der Waals surface area contributed by atoms with E-state index < -0.39 is 4.92 Å². The van der Waals surface area contributed by atoms with E-state index in [2.05, 4.69) is 15.3 Å². The standard InChI is InChI=1S/C13H12Cl2N4O2/c1-2-6-16-13-12(19(20)21)11(17-7-18-13)8-4-3-5-9(14)10(8)15/h3-5,7H,2,6H2,1H3,(H,16,17,18). The summed E-state index contributed by atoms with van der Waals surface area (Å²) in [5.41, 5.74) is 0.328. The van der Waals surface area contributed by atoms with Gasteiger partial charge >= 0.3 is 5.69 Å². The predicted octanol–water partition coefficient (Wildman–Crippen LogP) is 4.18. The second-order valence-electron chi connectivity index (χ2n) is 4.20. The number of aromatic nitrogens is 2. The molecule has 0 aliphatic carbocycles. The van der Waals surface area contributed by atoms with E-state index in [0.29, 0.717) is 17.1 Å². The Morgan fingerprint density at radius 2 is 2.10 bits per heavy atom. The smallest absolute Gasteiger partial charge is 0.337 e. The van der Waals surface area contributed by atoms with Crippen molar-refractivity contribution >= 4 is 34.7 Å². The molecule has 0 bridgehead atoms. The van der Waals surface area contributed by atoms with Gasteiger partial charge in [0.25, 0.3) is 0 Å². The largest absolute Gasteiger partial charge is 0.364 e. The molecule has 1 heterocycles. The summed E-state index contributed by atoms with van der Waals surface area (Å²) in [6.45, 7) is 2.52. The zero-order valence-corrected chi connectivity index (χ0v) is 12.6. The van der Waals surface area contributed by atoms with Crippen LogP contribution in [0.2, 0.25) is 10.0 Å². The lowest BCUT2D eigenvalue weighted by molar-refractivity contribution is -0.383. The molecule has 1 aromatic heterocycles. The van der Waals surface area contributed by atoms with Crippen molar-refractivity contribution in [1.29, 1.82) is 0 Å². The summed E-state index contributed by atoms with van der Waals surface area (Å²) in [7, 11) is 0. The molecule has 0 aliphatic heterocycles. The minimum Gasteiger partial charge on any atom is -0.364 e. The fraction of sp³-hybridized carbons (Fsp3) is 0.231. The molecule has 0 radical (unpaired) electrons. The molecule has 8 heteroatoms. The van der Waals surface area contributed by atoms with Crippen LogP contribution in [-0.4, -0.2) is 21.4 Å². The SMILES string of the molecule is CCCNc1ncnc(-c2cccc(Cl)c2Cl)c1[N+](=O)[O-]. The maximum absolute atomic E-state index is 11.4. The first-order valence-corrected chi connectivity index (χ1v) is 6.99. The zero-order chi connectivity index (χ0) is 15.4. The molecule has 1 aromatic carbocycles. The van der Waals surface area contributed by atoms with Gasteiger partial charge in [-0.3, -0.25) is 10.1 Å². The van der Waals surface area contributed by atoms with Gasteiger partial charge in [0.05, 0.1) is 15.0 Å². The molecule has 0 saturated heterocycles. The fourth-order valence-electron chi connectivity index (χ4n) is 1.81. The molecule has 2 rings (SSSR count). The van der Waals surface area contributed by atoms with E-state index in [1.807, 2.05) is 6.92 Å². The zero-order valence-electron chi connectivity index (χ0n) is 11.1. The maximum Gasteiger partial charge on any atom is 0.337 e. The highest BCUT2D eigenvalue weighted by Crippen LogP contribution is 2.38. The third kappa shape index (κ3) is 3.22. The molecule has 0 amide bonds. The molecule has 0 fully saturated rings. The molecule has 0 atom stereocenters. The predicted molar refractivity (Wildman–Crippen MR) is 82.9 cm³/mol. The van der Waals surface area contributed by atoms with Gasteiger partial charge in [0.2, 0.25) is 5.82 Å². The van der Waals surface area contributed by atoms with E-state index >= 15 is 0 Å². The third-order valence-electron chi connectivity index (χ3n) is 2.75. The maximum atomic E-state index is 11.4. The highest BCUT2D eigenvalue weighted by atomic mass is 35.5. The number of halogens is 2. The first-order valence-electron chi connectivity index (χ1n) is 6.24. The first kappa shape index (κ1) is 15.5. The van der Waals surface area contributed by atoms with Crippen molar-refractivity contribution in [3.05, 3.63) is 44.7 Å². The Kier molecular flexibility index (Phi) is 4.93. The number of benzene rings is 1. The number of hydrogen-bond acceptors (Lipinski definition) is 5. The van der Waals surface area contributed by atoms with Crippen LogP contribution in [0.1, 0.15) is 13.3 Å². The third-order valence-corrected chi connectivity index (χ3v) is 3.57. The van der Waals surface area contributed by atoms with Crippen molar-refractivity contribution < 1.29 is 4.92 Å². The number of hydrogen-bond donors (Lipinski definition) is 1. The van der Waals surface area contributed by atoms with Gasteiger partial charge in [0.1, 0.15) is 6.33 Å². The topological polar surface area (TPSA) is 81.0 Å². The number of nitro groups is 1. The molecule has 21 heavy (non-hydrogen) atoms. The van der Waals surface area contributed by atoms with E-state index in [0.717, 1.165) is 6.42 Å². The van der Waals surface area contributed by atoms with Crippen LogP contribution >= 0.6 is 23.2 Å². The summed E-state index contributed by atoms with van der Waals surface area (Å²) in [4.78, 5) is 18.8. The monoisotopic (exact) mass is 326 g/mol. The molecule has 0 aliphatic rings. The van der Waals surface area contributed by atoms with Crippen LogP contribution in [0.4, 0.5) is 11.5 Å². The molecular weight excluding hydrogens is 315 g/mol. The van der Waals surface area contributed by atoms with Gasteiger partial charge in [-0.15, -0.1) is 0 Å². The van der Waals surface area contributed by atoms with Crippen LogP contribution in [0.5, 0.6) is 0 Å². The van der Waals surface area contributed by atoms with Crippen molar-refractivity contribution in [2.45, 2.75) is 13.3 Å². The van der Waals surface area contributed by atoms with Gasteiger partial charge in [0, 0.05) is 12.1 Å². The lowest BCUT2D eigenvalue weighted by atomic mass is 10.1. The van der Waals surface area contributed by atoms with Crippen LogP contribution in [0.25, 0.3) is 11.3 Å². The minimum absolute atomic E-state index is 0.140. The minimum atomic E-state index is -0.523. The van der Waals surface area contributed by atoms with Gasteiger partial charge < -0.3 is 5.32 Å². The molecule has 110 valence electrons. The number of nitrogens with one attached hydrogen (secondary N) is 1. The number of rotatable bonds is 5. The van der Waals surface area contributed by atoms with Crippen LogP contribution in [-0.2, 0) is 0 Å². The van der Waals surface area contributed by atoms with Gasteiger partial charge in [-0.1, -0.05) is 42.3 Å². The quantitative estimate of drug-likeness (QED) is 0.658. The highest BCUT2D eigenvalue weighted by Gasteiger charge is 2.25. The summed E-state index contributed by atoms with van der Waals surface area (Å²) in [6, 6.07) is 4.90. The summed E-state index contributed by atoms with van der Waals surface area (Å²) < 4.78 is 0. The Morgan fingerprint density at radius 3 is 2.76 bits per heavy atom. The Labute approximate surface area is 131 Å². The van der Waals surface area contributed by atoms with Gasteiger partial charge in [-0.25, -0.2) is 9.97 Å². The number of nitrogens with zero attached hydrogens (tertiary/aromatic N) is 3. The van der Waals surface area contributed by atoms with E-state index in [1.54, 1.807) is 18.2 Å². The average Bonchev–Trinajstić information content (AvgIpc) is 2.47. The van der Waals surface area contributed by atoms with E-state index in [9.17, 15) is 10.1 Å². The van der Waals surface area contributed by atoms with Crippen LogP contribution in [0, 0.1) is 10.1 Å². The van der Waals surface area contributed by atoms with Crippen LogP contribution < -0.4 is 5.32 Å². The van der Waals surface area contributed by atoms with Gasteiger partial charge in [0.15, 0.2) is 5.69 Å². The lowest BCUT2D eigenvalue weighted by Crippen LogP contribution is -2.07. The molecular formula is C13H12Cl2N4O2. The summed E-state index contributed by atoms with van der Waals surface area (Å²) >= 11 is 12.1. The van der Waals surface area contributed by atoms with E-state index in [4.69, 9.17) is 23.2 Å². The Bertz CT molecular complexity index is 679.